The van der Waals surface area contributed by atoms with Crippen molar-refractivity contribution in [2.75, 3.05) is 12.4 Å². The minimum absolute atomic E-state index is 0.133. The van der Waals surface area contributed by atoms with Gasteiger partial charge in [0.15, 0.2) is 0 Å². The zero-order valence-corrected chi connectivity index (χ0v) is 16.4. The Hall–Kier alpha value is -3.67. The van der Waals surface area contributed by atoms with Crippen LogP contribution in [-0.2, 0) is 0 Å². The van der Waals surface area contributed by atoms with Crippen LogP contribution in [-0.4, -0.2) is 22.2 Å². The van der Waals surface area contributed by atoms with E-state index in [0.29, 0.717) is 17.5 Å². The highest BCUT2D eigenvalue weighted by molar-refractivity contribution is 5.70. The molecule has 2 heterocycles. The summed E-state index contributed by atoms with van der Waals surface area (Å²) in [5.74, 6) is 2.44. The predicted molar refractivity (Wildman–Crippen MR) is 113 cm³/mol. The van der Waals surface area contributed by atoms with Gasteiger partial charge >= 0.3 is 0 Å². The van der Waals surface area contributed by atoms with Crippen molar-refractivity contribution in [1.29, 1.82) is 0 Å². The van der Waals surface area contributed by atoms with Gasteiger partial charge in [-0.15, -0.1) is 0 Å². The highest BCUT2D eigenvalue weighted by Gasteiger charge is 2.17. The van der Waals surface area contributed by atoms with Crippen molar-refractivity contribution in [3.8, 4) is 28.6 Å². The molecule has 1 atom stereocenters. The van der Waals surface area contributed by atoms with Crippen molar-refractivity contribution >= 4 is 5.82 Å². The first-order valence-electron chi connectivity index (χ1n) is 9.53. The summed E-state index contributed by atoms with van der Waals surface area (Å²) in [5, 5.41) is 7.66. The van der Waals surface area contributed by atoms with E-state index in [1.165, 1.54) is 5.56 Å². The molecule has 0 amide bonds. The lowest BCUT2D eigenvalue weighted by Crippen LogP contribution is -2.11. The van der Waals surface area contributed by atoms with E-state index in [-0.39, 0.29) is 6.04 Å². The summed E-state index contributed by atoms with van der Waals surface area (Å²) >= 11 is 0. The Labute approximate surface area is 169 Å². The summed E-state index contributed by atoms with van der Waals surface area (Å²) < 4.78 is 10.7. The minimum atomic E-state index is 0.133. The molecule has 0 fully saturated rings. The van der Waals surface area contributed by atoms with Gasteiger partial charge in [0.2, 0.25) is 5.82 Å². The lowest BCUT2D eigenvalue weighted by molar-refractivity contribution is 0.415. The van der Waals surface area contributed by atoms with Crippen molar-refractivity contribution in [3.63, 3.8) is 0 Å². The molecule has 0 radical (unpaired) electrons. The number of benzene rings is 2. The smallest absolute Gasteiger partial charge is 0.261 e. The summed E-state index contributed by atoms with van der Waals surface area (Å²) in [6.07, 6.45) is 2.67. The number of anilines is 1. The van der Waals surface area contributed by atoms with Gasteiger partial charge < -0.3 is 14.6 Å². The van der Waals surface area contributed by atoms with E-state index in [2.05, 4.69) is 39.5 Å². The van der Waals surface area contributed by atoms with Gasteiger partial charge in [0.25, 0.3) is 5.89 Å². The largest absolute Gasteiger partial charge is 0.497 e. The van der Waals surface area contributed by atoms with E-state index < -0.39 is 0 Å². The summed E-state index contributed by atoms with van der Waals surface area (Å²) in [5.41, 5.74) is 2.83. The van der Waals surface area contributed by atoms with Crippen LogP contribution in [0.3, 0.4) is 0 Å². The molecule has 0 aliphatic rings. The number of pyridine rings is 1. The highest BCUT2D eigenvalue weighted by Crippen LogP contribution is 2.30. The van der Waals surface area contributed by atoms with Gasteiger partial charge in [0, 0.05) is 11.8 Å². The van der Waals surface area contributed by atoms with Gasteiger partial charge in [-0.2, -0.15) is 4.98 Å². The number of nitrogens with zero attached hydrogens (tertiary/aromatic N) is 3. The molecule has 29 heavy (non-hydrogen) atoms. The molecule has 0 saturated heterocycles. The monoisotopic (exact) mass is 386 g/mol. The molecule has 2 aromatic heterocycles. The van der Waals surface area contributed by atoms with Crippen LogP contribution >= 0.6 is 0 Å². The third kappa shape index (κ3) is 4.11. The Bertz CT molecular complexity index is 1060. The number of ether oxygens (including phenoxy) is 1. The number of nitrogens with one attached hydrogen (secondary N) is 1. The zero-order valence-electron chi connectivity index (χ0n) is 16.4. The third-order valence-electron chi connectivity index (χ3n) is 4.73. The van der Waals surface area contributed by atoms with Crippen LogP contribution in [0.2, 0.25) is 0 Å². The van der Waals surface area contributed by atoms with E-state index in [0.717, 1.165) is 23.3 Å². The van der Waals surface area contributed by atoms with Gasteiger partial charge in [0.1, 0.15) is 11.6 Å². The Morgan fingerprint density at radius 1 is 1.00 bits per heavy atom. The van der Waals surface area contributed by atoms with E-state index >= 15 is 0 Å². The summed E-state index contributed by atoms with van der Waals surface area (Å²) in [4.78, 5) is 9.09. The molecular formula is C23H22N4O2. The van der Waals surface area contributed by atoms with Gasteiger partial charge in [-0.25, -0.2) is 4.98 Å². The van der Waals surface area contributed by atoms with Gasteiger partial charge in [-0.05, 0) is 48.4 Å². The molecule has 0 aliphatic carbocycles. The van der Waals surface area contributed by atoms with Gasteiger partial charge in [0.05, 0.1) is 18.7 Å². The van der Waals surface area contributed by atoms with E-state index in [1.54, 1.807) is 13.3 Å². The topological polar surface area (TPSA) is 73.1 Å². The second kappa shape index (κ2) is 8.56. The van der Waals surface area contributed by atoms with Crippen molar-refractivity contribution in [1.82, 2.24) is 15.1 Å². The first kappa shape index (κ1) is 18.7. The molecule has 6 heteroatoms. The summed E-state index contributed by atoms with van der Waals surface area (Å²) in [6.45, 7) is 2.14. The first-order chi connectivity index (χ1) is 14.3. The molecule has 0 bridgehead atoms. The fourth-order valence-corrected chi connectivity index (χ4v) is 3.15. The van der Waals surface area contributed by atoms with Crippen LogP contribution < -0.4 is 10.1 Å². The lowest BCUT2D eigenvalue weighted by Gasteiger charge is -2.19. The van der Waals surface area contributed by atoms with Crippen LogP contribution in [0.5, 0.6) is 5.75 Å². The van der Waals surface area contributed by atoms with Gasteiger partial charge in [-0.3, -0.25) is 0 Å². The van der Waals surface area contributed by atoms with Crippen LogP contribution in [0.15, 0.2) is 77.4 Å². The van der Waals surface area contributed by atoms with Crippen LogP contribution in [0, 0.1) is 0 Å². The Morgan fingerprint density at radius 2 is 1.79 bits per heavy atom. The molecule has 4 rings (SSSR count). The zero-order chi connectivity index (χ0) is 20.1. The molecule has 6 nitrogen and oxygen atoms in total. The third-order valence-corrected chi connectivity index (χ3v) is 4.73. The Balaban J connectivity index is 1.62. The maximum Gasteiger partial charge on any atom is 0.261 e. The molecule has 1 N–H and O–H groups in total. The Morgan fingerprint density at radius 3 is 2.52 bits per heavy atom. The molecule has 0 saturated carbocycles. The number of methoxy groups -OCH3 is 1. The predicted octanol–water partition coefficient (Wildman–Crippen LogP) is 5.37. The van der Waals surface area contributed by atoms with Crippen molar-refractivity contribution in [2.24, 2.45) is 0 Å². The number of rotatable bonds is 7. The number of aromatic nitrogens is 3. The van der Waals surface area contributed by atoms with E-state index in [1.807, 2.05) is 54.6 Å². The first-order valence-corrected chi connectivity index (χ1v) is 9.53. The second-order valence-corrected chi connectivity index (χ2v) is 6.57. The molecule has 1 unspecified atom stereocenters. The highest BCUT2D eigenvalue weighted by atomic mass is 16.5. The minimum Gasteiger partial charge on any atom is -0.497 e. The average molecular weight is 386 g/mol. The maximum atomic E-state index is 5.55. The summed E-state index contributed by atoms with van der Waals surface area (Å²) in [7, 11) is 1.64. The molecule has 0 aliphatic heterocycles. The quantitative estimate of drug-likeness (QED) is 0.460. The van der Waals surface area contributed by atoms with E-state index in [4.69, 9.17) is 9.26 Å². The summed E-state index contributed by atoms with van der Waals surface area (Å²) in [6, 6.07) is 21.8. The SMILES string of the molecule is CCC(Nc1ncccc1-c1nc(-c2ccc(OC)cc2)no1)c1ccccc1. The molecule has 2 aromatic carbocycles. The fraction of sp³-hybridized carbons (Fsp3) is 0.174. The standard InChI is InChI=1S/C23H22N4O2/c1-3-20(16-8-5-4-6-9-16)25-22-19(10-7-15-24-22)23-26-21(27-29-23)17-11-13-18(28-2)14-12-17/h4-15,20H,3H2,1-2H3,(H,24,25). The second-order valence-electron chi connectivity index (χ2n) is 6.57. The molecule has 0 spiro atoms. The van der Waals surface area contributed by atoms with Crippen LogP contribution in [0.25, 0.3) is 22.8 Å². The van der Waals surface area contributed by atoms with Crippen molar-refractivity contribution < 1.29 is 9.26 Å². The molecule has 146 valence electrons. The average Bonchev–Trinajstić information content (AvgIpc) is 3.28. The normalized spacial score (nSPS) is 11.8. The maximum absolute atomic E-state index is 5.55. The molecular weight excluding hydrogens is 364 g/mol. The van der Waals surface area contributed by atoms with Crippen LogP contribution in [0.4, 0.5) is 5.82 Å². The lowest BCUT2D eigenvalue weighted by atomic mass is 10.0. The number of hydrogen-bond donors (Lipinski definition) is 1. The Kier molecular flexibility index (Phi) is 5.52. The van der Waals surface area contributed by atoms with Crippen molar-refractivity contribution in [3.05, 3.63) is 78.5 Å². The van der Waals surface area contributed by atoms with Crippen molar-refractivity contribution in [2.45, 2.75) is 19.4 Å². The fourth-order valence-electron chi connectivity index (χ4n) is 3.15. The number of hydrogen-bond acceptors (Lipinski definition) is 6. The van der Waals surface area contributed by atoms with Gasteiger partial charge in [-0.1, -0.05) is 42.4 Å². The molecule has 4 aromatic rings. The van der Waals surface area contributed by atoms with Crippen LogP contribution in [0.1, 0.15) is 24.9 Å². The van der Waals surface area contributed by atoms with E-state index in [9.17, 15) is 0 Å².